The van der Waals surface area contributed by atoms with Gasteiger partial charge in [-0.3, -0.25) is 4.90 Å². The van der Waals surface area contributed by atoms with Crippen molar-refractivity contribution in [2.75, 3.05) is 33.9 Å². The van der Waals surface area contributed by atoms with Crippen molar-refractivity contribution in [3.8, 4) is 0 Å². The van der Waals surface area contributed by atoms with Crippen molar-refractivity contribution in [1.82, 2.24) is 10.2 Å². The van der Waals surface area contributed by atoms with Crippen LogP contribution >= 0.6 is 0 Å². The number of likely N-dealkylation sites (tertiary alicyclic amines) is 1. The van der Waals surface area contributed by atoms with Crippen molar-refractivity contribution in [3.63, 3.8) is 0 Å². The number of rotatable bonds is 6. The van der Waals surface area contributed by atoms with E-state index >= 15 is 0 Å². The smallest absolute Gasteiger partial charge is 0.0468 e. The number of ether oxygens (including phenoxy) is 1. The van der Waals surface area contributed by atoms with E-state index in [4.69, 9.17) is 4.74 Å². The molecule has 0 radical (unpaired) electrons. The Balaban J connectivity index is 1.86. The molecule has 3 atom stereocenters. The normalized spacial score (nSPS) is 35.7. The number of piperidine rings is 1. The van der Waals surface area contributed by atoms with Crippen LogP contribution < -0.4 is 5.32 Å². The van der Waals surface area contributed by atoms with E-state index in [0.717, 1.165) is 12.5 Å². The highest BCUT2D eigenvalue weighted by atomic mass is 16.5. The van der Waals surface area contributed by atoms with Crippen LogP contribution in [0.25, 0.3) is 0 Å². The van der Waals surface area contributed by atoms with Gasteiger partial charge in [0.05, 0.1) is 0 Å². The molecule has 1 saturated carbocycles. The number of nitrogens with one attached hydrogen (secondary N) is 1. The summed E-state index contributed by atoms with van der Waals surface area (Å²) in [5, 5.41) is 3.47. The average Bonchev–Trinajstić information content (AvgIpc) is 3.13. The van der Waals surface area contributed by atoms with Gasteiger partial charge >= 0.3 is 0 Å². The monoisotopic (exact) mass is 254 g/mol. The number of hydrogen-bond acceptors (Lipinski definition) is 3. The second-order valence-electron chi connectivity index (χ2n) is 6.50. The number of hydrogen-bond donors (Lipinski definition) is 1. The summed E-state index contributed by atoms with van der Waals surface area (Å²) in [4.78, 5) is 2.72. The molecule has 3 unspecified atom stereocenters. The molecule has 18 heavy (non-hydrogen) atoms. The maximum atomic E-state index is 5.26. The minimum Gasteiger partial charge on any atom is -0.385 e. The van der Waals surface area contributed by atoms with Crippen LogP contribution in [0.2, 0.25) is 0 Å². The van der Waals surface area contributed by atoms with E-state index in [1.807, 2.05) is 7.11 Å². The number of methoxy groups -OCH3 is 1. The molecule has 0 aromatic rings. The maximum absolute atomic E-state index is 5.26. The molecule has 0 spiro atoms. The predicted molar refractivity (Wildman–Crippen MR) is 75.8 cm³/mol. The molecule has 3 heteroatoms. The molecule has 1 saturated heterocycles. The summed E-state index contributed by atoms with van der Waals surface area (Å²) >= 11 is 0. The van der Waals surface area contributed by atoms with Crippen LogP contribution in [0.1, 0.15) is 39.5 Å². The third kappa shape index (κ3) is 3.06. The minimum absolute atomic E-state index is 0.594. The molecule has 2 rings (SSSR count). The molecular formula is C15H30N2O. The molecule has 106 valence electrons. The van der Waals surface area contributed by atoms with Gasteiger partial charge in [-0.05, 0) is 57.5 Å². The first-order valence-electron chi connectivity index (χ1n) is 7.52. The lowest BCUT2D eigenvalue weighted by atomic mass is 9.86. The van der Waals surface area contributed by atoms with Crippen LogP contribution in [0.3, 0.4) is 0 Å². The molecule has 1 aliphatic heterocycles. The summed E-state index contributed by atoms with van der Waals surface area (Å²) in [6, 6.07) is 1.40. The molecule has 0 bridgehead atoms. The lowest BCUT2D eigenvalue weighted by Gasteiger charge is -2.44. The van der Waals surface area contributed by atoms with E-state index < -0.39 is 0 Å². The fraction of sp³-hybridized carbons (Fsp3) is 1.00. The van der Waals surface area contributed by atoms with Crippen molar-refractivity contribution < 1.29 is 4.74 Å². The van der Waals surface area contributed by atoms with Crippen molar-refractivity contribution in [2.45, 2.75) is 51.6 Å². The lowest BCUT2D eigenvalue weighted by Crippen LogP contribution is -2.53. The quantitative estimate of drug-likeness (QED) is 0.786. The first kappa shape index (κ1) is 14.3. The molecule has 1 aliphatic carbocycles. The Morgan fingerprint density at radius 2 is 2.06 bits per heavy atom. The van der Waals surface area contributed by atoms with E-state index in [0.29, 0.717) is 17.5 Å². The Labute approximate surface area is 112 Å². The summed E-state index contributed by atoms with van der Waals surface area (Å²) in [5.74, 6) is 0.752. The van der Waals surface area contributed by atoms with E-state index in [-0.39, 0.29) is 0 Å². The first-order chi connectivity index (χ1) is 8.62. The predicted octanol–water partition coefficient (Wildman–Crippen LogP) is 2.12. The molecule has 0 amide bonds. The SMILES string of the molecule is CNC1CCN(CC2(CCOC)CC2)C(C)C1C. The van der Waals surface area contributed by atoms with Crippen molar-refractivity contribution in [3.05, 3.63) is 0 Å². The van der Waals surface area contributed by atoms with Crippen LogP contribution in [-0.2, 0) is 4.74 Å². The van der Waals surface area contributed by atoms with Crippen LogP contribution in [0.15, 0.2) is 0 Å². The average molecular weight is 254 g/mol. The first-order valence-corrected chi connectivity index (χ1v) is 7.52. The Hall–Kier alpha value is -0.120. The van der Waals surface area contributed by atoms with Crippen molar-refractivity contribution in [1.29, 1.82) is 0 Å². The second kappa shape index (κ2) is 5.89. The molecule has 1 N–H and O–H groups in total. The zero-order chi connectivity index (χ0) is 13.2. The van der Waals surface area contributed by atoms with E-state index in [1.165, 1.54) is 38.8 Å². The third-order valence-corrected chi connectivity index (χ3v) is 5.40. The Morgan fingerprint density at radius 3 is 2.61 bits per heavy atom. The van der Waals surface area contributed by atoms with Gasteiger partial charge in [-0.25, -0.2) is 0 Å². The van der Waals surface area contributed by atoms with Gasteiger partial charge in [-0.2, -0.15) is 0 Å². The summed E-state index contributed by atoms with van der Waals surface area (Å²) in [6.45, 7) is 8.27. The maximum Gasteiger partial charge on any atom is 0.0468 e. The van der Waals surface area contributed by atoms with Crippen LogP contribution in [0, 0.1) is 11.3 Å². The molecular weight excluding hydrogens is 224 g/mol. The van der Waals surface area contributed by atoms with Gasteiger partial charge in [0, 0.05) is 32.3 Å². The fourth-order valence-corrected chi connectivity index (χ4v) is 3.48. The Kier molecular flexibility index (Phi) is 4.68. The molecule has 3 nitrogen and oxygen atoms in total. The molecule has 0 aromatic heterocycles. The Bertz CT molecular complexity index is 265. The van der Waals surface area contributed by atoms with Crippen LogP contribution in [-0.4, -0.2) is 50.8 Å². The van der Waals surface area contributed by atoms with Gasteiger partial charge in [0.25, 0.3) is 0 Å². The minimum atomic E-state index is 0.594. The highest BCUT2D eigenvalue weighted by Gasteiger charge is 2.45. The highest BCUT2D eigenvalue weighted by Crippen LogP contribution is 2.50. The van der Waals surface area contributed by atoms with Gasteiger partial charge in [-0.15, -0.1) is 0 Å². The molecule has 2 aliphatic rings. The zero-order valence-electron chi connectivity index (χ0n) is 12.5. The highest BCUT2D eigenvalue weighted by molar-refractivity contribution is 4.98. The standard InChI is InChI=1S/C15H30N2O/c1-12-13(2)17(9-5-14(12)16-3)11-15(6-7-15)8-10-18-4/h12-14,16H,5-11H2,1-4H3. The van der Waals surface area contributed by atoms with Gasteiger partial charge in [0.15, 0.2) is 0 Å². The third-order valence-electron chi connectivity index (χ3n) is 5.40. The second-order valence-corrected chi connectivity index (χ2v) is 6.50. The van der Waals surface area contributed by atoms with Gasteiger partial charge in [-0.1, -0.05) is 6.92 Å². The van der Waals surface area contributed by atoms with E-state index in [2.05, 4.69) is 31.1 Å². The summed E-state index contributed by atoms with van der Waals surface area (Å²) in [6.07, 6.45) is 5.35. The summed E-state index contributed by atoms with van der Waals surface area (Å²) in [5.41, 5.74) is 0.594. The largest absolute Gasteiger partial charge is 0.385 e. The van der Waals surface area contributed by atoms with E-state index in [1.54, 1.807) is 0 Å². The van der Waals surface area contributed by atoms with E-state index in [9.17, 15) is 0 Å². The van der Waals surface area contributed by atoms with Gasteiger partial charge < -0.3 is 10.1 Å². The van der Waals surface area contributed by atoms with Gasteiger partial charge in [0.1, 0.15) is 0 Å². The Morgan fingerprint density at radius 1 is 1.33 bits per heavy atom. The van der Waals surface area contributed by atoms with Crippen LogP contribution in [0.5, 0.6) is 0 Å². The molecule has 2 fully saturated rings. The summed E-state index contributed by atoms with van der Waals surface area (Å²) in [7, 11) is 3.92. The molecule has 0 aromatic carbocycles. The van der Waals surface area contributed by atoms with Gasteiger partial charge in [0.2, 0.25) is 0 Å². The number of nitrogens with zero attached hydrogens (tertiary/aromatic N) is 1. The van der Waals surface area contributed by atoms with Crippen molar-refractivity contribution in [2.24, 2.45) is 11.3 Å². The lowest BCUT2D eigenvalue weighted by molar-refractivity contribution is 0.0596. The van der Waals surface area contributed by atoms with Crippen molar-refractivity contribution >= 4 is 0 Å². The molecule has 1 heterocycles. The fourth-order valence-electron chi connectivity index (χ4n) is 3.48. The zero-order valence-corrected chi connectivity index (χ0v) is 12.5. The van der Waals surface area contributed by atoms with Crippen LogP contribution in [0.4, 0.5) is 0 Å². The topological polar surface area (TPSA) is 24.5 Å². The summed E-state index contributed by atoms with van der Waals surface area (Å²) < 4.78 is 5.26.